The highest BCUT2D eigenvalue weighted by atomic mass is 19.1. The lowest BCUT2D eigenvalue weighted by Crippen LogP contribution is -2.78. The van der Waals surface area contributed by atoms with E-state index in [1.165, 1.54) is 12.1 Å². The number of benzene rings is 1. The van der Waals surface area contributed by atoms with Crippen LogP contribution in [0.15, 0.2) is 24.3 Å². The van der Waals surface area contributed by atoms with Gasteiger partial charge < -0.3 is 10.0 Å². The summed E-state index contributed by atoms with van der Waals surface area (Å²) in [4.78, 5) is 19.4. The Labute approximate surface area is 154 Å². The predicted octanol–water partition coefficient (Wildman–Crippen LogP) is 1.31. The zero-order valence-corrected chi connectivity index (χ0v) is 15.6. The number of nitrogens with zero attached hydrogens (tertiary/aromatic N) is 3. The van der Waals surface area contributed by atoms with Gasteiger partial charge in [-0.1, -0.05) is 26.0 Å². The molecule has 1 amide bonds. The molecule has 0 aromatic heterocycles. The number of likely N-dealkylation sites (tertiary alicyclic amines) is 1. The van der Waals surface area contributed by atoms with E-state index in [9.17, 15) is 14.3 Å². The first kappa shape index (κ1) is 17.9. The van der Waals surface area contributed by atoms with Crippen molar-refractivity contribution in [1.29, 1.82) is 0 Å². The zero-order chi connectivity index (χ0) is 18.5. The Morgan fingerprint density at radius 2 is 1.92 bits per heavy atom. The first-order chi connectivity index (χ1) is 12.4. The predicted molar refractivity (Wildman–Crippen MR) is 96.9 cm³/mol. The van der Waals surface area contributed by atoms with Crippen LogP contribution in [0.3, 0.4) is 0 Å². The van der Waals surface area contributed by atoms with Crippen molar-refractivity contribution in [3.05, 3.63) is 35.6 Å². The summed E-state index contributed by atoms with van der Waals surface area (Å²) in [6.45, 7) is 8.64. The topological polar surface area (TPSA) is 47.0 Å². The number of hydrogen-bond donors (Lipinski definition) is 1. The van der Waals surface area contributed by atoms with Gasteiger partial charge in [-0.25, -0.2) is 4.39 Å². The SMILES string of the molecule is CC(C)C(=O)N1CC2CC(O)CN2C2(CN(Cc3ccc(F)cc3)C2)C1. The summed E-state index contributed by atoms with van der Waals surface area (Å²) >= 11 is 0. The third kappa shape index (κ3) is 3.15. The van der Waals surface area contributed by atoms with E-state index in [0.717, 1.165) is 44.7 Å². The van der Waals surface area contributed by atoms with E-state index in [1.54, 1.807) is 0 Å². The van der Waals surface area contributed by atoms with Gasteiger partial charge in [0.25, 0.3) is 0 Å². The van der Waals surface area contributed by atoms with Gasteiger partial charge in [0.05, 0.1) is 11.6 Å². The smallest absolute Gasteiger partial charge is 0.225 e. The van der Waals surface area contributed by atoms with Crippen LogP contribution in [-0.4, -0.2) is 76.1 Å². The van der Waals surface area contributed by atoms with Crippen LogP contribution in [0.2, 0.25) is 0 Å². The highest BCUT2D eigenvalue weighted by molar-refractivity contribution is 5.78. The fourth-order valence-electron chi connectivity index (χ4n) is 4.97. The van der Waals surface area contributed by atoms with Crippen molar-refractivity contribution in [2.24, 2.45) is 5.92 Å². The number of piperazine rings is 1. The Kier molecular flexibility index (Phi) is 4.53. The quantitative estimate of drug-likeness (QED) is 0.882. The molecule has 1 N–H and O–H groups in total. The summed E-state index contributed by atoms with van der Waals surface area (Å²) in [5.41, 5.74) is 1.05. The first-order valence-electron chi connectivity index (χ1n) is 9.57. The number of hydrogen-bond acceptors (Lipinski definition) is 4. The Morgan fingerprint density at radius 1 is 1.23 bits per heavy atom. The van der Waals surface area contributed by atoms with E-state index in [1.807, 2.05) is 30.9 Å². The minimum absolute atomic E-state index is 0.000298. The molecule has 1 aromatic rings. The van der Waals surface area contributed by atoms with Gasteiger partial charge in [-0.2, -0.15) is 0 Å². The second-order valence-corrected chi connectivity index (χ2v) is 8.57. The number of fused-ring (bicyclic) bond motifs is 2. The Hall–Kier alpha value is -1.50. The van der Waals surface area contributed by atoms with Gasteiger partial charge in [0.1, 0.15) is 5.82 Å². The average molecular weight is 361 g/mol. The van der Waals surface area contributed by atoms with Gasteiger partial charge in [0, 0.05) is 51.2 Å². The molecule has 5 nitrogen and oxygen atoms in total. The third-order valence-electron chi connectivity index (χ3n) is 6.08. The summed E-state index contributed by atoms with van der Waals surface area (Å²) in [7, 11) is 0. The van der Waals surface area contributed by atoms with Gasteiger partial charge in [-0.15, -0.1) is 0 Å². The van der Waals surface area contributed by atoms with Crippen LogP contribution in [-0.2, 0) is 11.3 Å². The summed E-state index contributed by atoms with van der Waals surface area (Å²) in [6.07, 6.45) is 0.457. The number of rotatable bonds is 3. The van der Waals surface area contributed by atoms with Gasteiger partial charge >= 0.3 is 0 Å². The number of halogens is 1. The van der Waals surface area contributed by atoms with Crippen LogP contribution in [0, 0.1) is 11.7 Å². The molecule has 3 fully saturated rings. The summed E-state index contributed by atoms with van der Waals surface area (Å²) in [6, 6.07) is 6.92. The lowest BCUT2D eigenvalue weighted by atomic mass is 9.83. The summed E-state index contributed by atoms with van der Waals surface area (Å²) < 4.78 is 13.1. The maximum atomic E-state index is 13.1. The van der Waals surface area contributed by atoms with Crippen molar-refractivity contribution in [2.75, 3.05) is 32.7 Å². The van der Waals surface area contributed by atoms with Crippen molar-refractivity contribution in [3.8, 4) is 0 Å². The molecule has 1 spiro atoms. The summed E-state index contributed by atoms with van der Waals surface area (Å²) in [5, 5.41) is 10.2. The molecule has 26 heavy (non-hydrogen) atoms. The lowest BCUT2D eigenvalue weighted by molar-refractivity contribution is -0.153. The molecular formula is C20H28FN3O2. The van der Waals surface area contributed by atoms with Crippen LogP contribution in [0.5, 0.6) is 0 Å². The average Bonchev–Trinajstić information content (AvgIpc) is 2.95. The van der Waals surface area contributed by atoms with Crippen molar-refractivity contribution in [1.82, 2.24) is 14.7 Å². The van der Waals surface area contributed by atoms with E-state index < -0.39 is 0 Å². The van der Waals surface area contributed by atoms with E-state index in [2.05, 4.69) is 9.80 Å². The largest absolute Gasteiger partial charge is 0.392 e. The molecule has 3 aliphatic rings. The summed E-state index contributed by atoms with van der Waals surface area (Å²) in [5.74, 6) is 0.000525. The number of amides is 1. The van der Waals surface area contributed by atoms with Crippen molar-refractivity contribution in [3.63, 3.8) is 0 Å². The number of carbonyl (C=O) groups is 1. The third-order valence-corrected chi connectivity index (χ3v) is 6.08. The van der Waals surface area contributed by atoms with Crippen molar-refractivity contribution < 1.29 is 14.3 Å². The number of carbonyl (C=O) groups excluding carboxylic acids is 1. The monoisotopic (exact) mass is 361 g/mol. The zero-order valence-electron chi connectivity index (χ0n) is 15.6. The molecule has 142 valence electrons. The minimum atomic E-state index is -0.294. The maximum Gasteiger partial charge on any atom is 0.225 e. The maximum absolute atomic E-state index is 13.1. The normalized spacial score (nSPS) is 28.4. The molecule has 1 aromatic carbocycles. The molecule has 3 heterocycles. The Balaban J connectivity index is 1.47. The van der Waals surface area contributed by atoms with Crippen LogP contribution < -0.4 is 0 Å². The Morgan fingerprint density at radius 3 is 2.58 bits per heavy atom. The van der Waals surface area contributed by atoms with Gasteiger partial charge in [-0.05, 0) is 24.1 Å². The van der Waals surface area contributed by atoms with E-state index in [4.69, 9.17) is 0 Å². The van der Waals surface area contributed by atoms with Crippen molar-refractivity contribution in [2.45, 2.75) is 44.5 Å². The molecule has 6 heteroatoms. The van der Waals surface area contributed by atoms with Gasteiger partial charge in [0.2, 0.25) is 5.91 Å². The number of β-amino-alcohol motifs (C(OH)–C–C–N with tert-alkyl or cyclic N) is 1. The Bertz CT molecular complexity index is 672. The molecule has 2 atom stereocenters. The van der Waals surface area contributed by atoms with Crippen LogP contribution in [0.4, 0.5) is 4.39 Å². The highest BCUT2D eigenvalue weighted by Crippen LogP contribution is 2.39. The standard InChI is InChI=1S/C20H28FN3O2/c1-14(2)19(26)23-9-17-7-18(25)10-24(17)20(13-23)11-22(12-20)8-15-3-5-16(21)6-4-15/h3-6,14,17-18,25H,7-13H2,1-2H3. The molecule has 3 aliphatic heterocycles. The second-order valence-electron chi connectivity index (χ2n) is 8.57. The molecule has 0 aliphatic carbocycles. The number of aliphatic hydroxyl groups is 1. The van der Waals surface area contributed by atoms with E-state index >= 15 is 0 Å². The fourth-order valence-corrected chi connectivity index (χ4v) is 4.97. The van der Waals surface area contributed by atoms with Gasteiger partial charge in [-0.3, -0.25) is 14.6 Å². The van der Waals surface area contributed by atoms with Crippen LogP contribution in [0.25, 0.3) is 0 Å². The minimum Gasteiger partial charge on any atom is -0.392 e. The van der Waals surface area contributed by atoms with Gasteiger partial charge in [0.15, 0.2) is 0 Å². The second kappa shape index (κ2) is 6.59. The molecule has 0 bridgehead atoms. The molecule has 2 unspecified atom stereocenters. The van der Waals surface area contributed by atoms with Crippen molar-refractivity contribution >= 4 is 5.91 Å². The van der Waals surface area contributed by atoms with Crippen LogP contribution in [0.1, 0.15) is 25.8 Å². The number of aliphatic hydroxyl groups excluding tert-OH is 1. The molecular weight excluding hydrogens is 333 g/mol. The van der Waals surface area contributed by atoms with Crippen LogP contribution >= 0.6 is 0 Å². The molecule has 3 saturated heterocycles. The molecule has 4 rings (SSSR count). The van der Waals surface area contributed by atoms with E-state index in [-0.39, 0.29) is 35.3 Å². The van der Waals surface area contributed by atoms with E-state index in [0.29, 0.717) is 6.54 Å². The molecule has 0 saturated carbocycles. The highest BCUT2D eigenvalue weighted by Gasteiger charge is 2.56. The fraction of sp³-hybridized carbons (Fsp3) is 0.650. The first-order valence-corrected chi connectivity index (χ1v) is 9.57. The lowest BCUT2D eigenvalue weighted by Gasteiger charge is -2.61. The molecule has 0 radical (unpaired) electrons.